The van der Waals surface area contributed by atoms with E-state index in [4.69, 9.17) is 16.3 Å². The Kier molecular flexibility index (Phi) is 10.2. The van der Waals surface area contributed by atoms with Gasteiger partial charge in [0.15, 0.2) is 6.61 Å². The molecule has 1 atom stereocenters. The van der Waals surface area contributed by atoms with E-state index in [2.05, 4.69) is 12.2 Å². The molecule has 0 fully saturated rings. The summed E-state index contributed by atoms with van der Waals surface area (Å²) in [6, 6.07) is 24.1. The molecule has 3 rings (SSSR count). The van der Waals surface area contributed by atoms with E-state index >= 15 is 0 Å². The van der Waals surface area contributed by atoms with E-state index in [1.165, 1.54) is 5.56 Å². The summed E-state index contributed by atoms with van der Waals surface area (Å²) in [5.74, 6) is 0.170. The van der Waals surface area contributed by atoms with Gasteiger partial charge in [-0.15, -0.1) is 0 Å². The maximum Gasteiger partial charge on any atom is 0.261 e. The van der Waals surface area contributed by atoms with Gasteiger partial charge in [-0.1, -0.05) is 80.0 Å². The predicted molar refractivity (Wildman–Crippen MR) is 141 cm³/mol. The van der Waals surface area contributed by atoms with E-state index in [0.29, 0.717) is 23.7 Å². The summed E-state index contributed by atoms with van der Waals surface area (Å²) in [4.78, 5) is 28.4. The number of nitrogens with one attached hydrogen (secondary N) is 1. The third kappa shape index (κ3) is 8.15. The van der Waals surface area contributed by atoms with Crippen LogP contribution in [0.5, 0.6) is 5.75 Å². The van der Waals surface area contributed by atoms with Gasteiger partial charge >= 0.3 is 0 Å². The van der Waals surface area contributed by atoms with Gasteiger partial charge in [0, 0.05) is 24.5 Å². The van der Waals surface area contributed by atoms with Gasteiger partial charge in [0.05, 0.1) is 0 Å². The summed E-state index contributed by atoms with van der Waals surface area (Å²) in [5, 5.41) is 3.55. The number of hydrogen-bond donors (Lipinski definition) is 1. The molecule has 0 aliphatic rings. The van der Waals surface area contributed by atoms with Gasteiger partial charge in [0.1, 0.15) is 11.8 Å². The number of nitrogens with zero attached hydrogens (tertiary/aromatic N) is 1. The standard InChI is InChI=1S/C29H33ClN2O3/c1-3-17-31-29(34)27(19-23-9-6-5-7-10-23)32(20-24-11-8-12-25(30)18-24)28(33)21-35-26-15-13-22(4-2)14-16-26/h5-16,18,27H,3-4,17,19-21H2,1-2H3,(H,31,34). The summed E-state index contributed by atoms with van der Waals surface area (Å²) < 4.78 is 5.82. The van der Waals surface area contributed by atoms with Crippen molar-refractivity contribution < 1.29 is 14.3 Å². The second kappa shape index (κ2) is 13.5. The van der Waals surface area contributed by atoms with Crippen molar-refractivity contribution in [3.05, 3.63) is 101 Å². The van der Waals surface area contributed by atoms with E-state index in [1.54, 1.807) is 11.0 Å². The van der Waals surface area contributed by atoms with Gasteiger partial charge < -0.3 is 15.0 Å². The Labute approximate surface area is 213 Å². The van der Waals surface area contributed by atoms with E-state index in [-0.39, 0.29) is 25.0 Å². The van der Waals surface area contributed by atoms with Crippen LogP contribution in [0.3, 0.4) is 0 Å². The van der Waals surface area contributed by atoms with Gasteiger partial charge in [-0.3, -0.25) is 9.59 Å². The molecule has 3 aromatic carbocycles. The molecule has 5 nitrogen and oxygen atoms in total. The Morgan fingerprint density at radius 3 is 2.29 bits per heavy atom. The average molecular weight is 493 g/mol. The van der Waals surface area contributed by atoms with Crippen molar-refractivity contribution in [1.29, 1.82) is 0 Å². The average Bonchev–Trinajstić information content (AvgIpc) is 2.88. The number of amides is 2. The lowest BCUT2D eigenvalue weighted by Crippen LogP contribution is -2.51. The Bertz CT molecular complexity index is 1090. The summed E-state index contributed by atoms with van der Waals surface area (Å²) in [6.07, 6.45) is 2.14. The first-order valence-corrected chi connectivity index (χ1v) is 12.4. The summed E-state index contributed by atoms with van der Waals surface area (Å²) in [6.45, 7) is 4.71. The summed E-state index contributed by atoms with van der Waals surface area (Å²) in [7, 11) is 0. The van der Waals surface area contributed by atoms with Crippen LogP contribution in [0.4, 0.5) is 0 Å². The van der Waals surface area contributed by atoms with E-state index in [0.717, 1.165) is 24.0 Å². The van der Waals surface area contributed by atoms with Crippen molar-refractivity contribution >= 4 is 23.4 Å². The Morgan fingerprint density at radius 1 is 0.914 bits per heavy atom. The second-order valence-electron chi connectivity index (χ2n) is 8.43. The quantitative estimate of drug-likeness (QED) is 0.366. The maximum absolute atomic E-state index is 13.5. The van der Waals surface area contributed by atoms with Crippen molar-refractivity contribution in [3.63, 3.8) is 0 Å². The van der Waals surface area contributed by atoms with Crippen LogP contribution in [0.25, 0.3) is 0 Å². The van der Waals surface area contributed by atoms with E-state index < -0.39 is 6.04 Å². The number of hydrogen-bond acceptors (Lipinski definition) is 3. The van der Waals surface area contributed by atoms with Gasteiger partial charge in [0.2, 0.25) is 5.91 Å². The first kappa shape index (κ1) is 26.3. The SMILES string of the molecule is CCCNC(=O)C(Cc1ccccc1)N(Cc1cccc(Cl)c1)C(=O)COc1ccc(CC)cc1. The highest BCUT2D eigenvalue weighted by Crippen LogP contribution is 2.19. The first-order valence-electron chi connectivity index (χ1n) is 12.1. The lowest BCUT2D eigenvalue weighted by atomic mass is 10.0. The van der Waals surface area contributed by atoms with Crippen molar-refractivity contribution in [2.24, 2.45) is 0 Å². The van der Waals surface area contributed by atoms with Crippen LogP contribution in [0.1, 0.15) is 37.0 Å². The zero-order valence-electron chi connectivity index (χ0n) is 20.4. The van der Waals surface area contributed by atoms with Gasteiger partial charge in [-0.05, 0) is 53.8 Å². The van der Waals surface area contributed by atoms with Gasteiger partial charge in [0.25, 0.3) is 5.91 Å². The zero-order valence-corrected chi connectivity index (χ0v) is 21.1. The lowest BCUT2D eigenvalue weighted by Gasteiger charge is -2.31. The molecule has 0 aliphatic heterocycles. The van der Waals surface area contributed by atoms with E-state index in [1.807, 2.05) is 79.7 Å². The summed E-state index contributed by atoms with van der Waals surface area (Å²) in [5.41, 5.74) is 3.02. The fourth-order valence-corrected chi connectivity index (χ4v) is 4.01. The monoisotopic (exact) mass is 492 g/mol. The molecule has 0 spiro atoms. The topological polar surface area (TPSA) is 58.6 Å². The molecule has 0 saturated carbocycles. The Morgan fingerprint density at radius 2 is 1.63 bits per heavy atom. The fourth-order valence-electron chi connectivity index (χ4n) is 3.80. The van der Waals surface area contributed by atoms with Crippen LogP contribution < -0.4 is 10.1 Å². The largest absolute Gasteiger partial charge is 0.484 e. The number of benzene rings is 3. The molecule has 0 aliphatic carbocycles. The molecule has 0 saturated heterocycles. The molecule has 35 heavy (non-hydrogen) atoms. The van der Waals surface area contributed by atoms with Crippen LogP contribution in [0, 0.1) is 0 Å². The van der Waals surface area contributed by atoms with Crippen LogP contribution in [-0.4, -0.2) is 35.9 Å². The van der Waals surface area contributed by atoms with Gasteiger partial charge in [-0.25, -0.2) is 0 Å². The highest BCUT2D eigenvalue weighted by Gasteiger charge is 2.30. The highest BCUT2D eigenvalue weighted by molar-refractivity contribution is 6.30. The van der Waals surface area contributed by atoms with Crippen LogP contribution in [-0.2, 0) is 29.0 Å². The normalized spacial score (nSPS) is 11.5. The molecule has 3 aromatic rings. The maximum atomic E-state index is 13.5. The fraction of sp³-hybridized carbons (Fsp3) is 0.310. The number of carbonyl (C=O) groups is 2. The highest BCUT2D eigenvalue weighted by atomic mass is 35.5. The smallest absolute Gasteiger partial charge is 0.261 e. The predicted octanol–water partition coefficient (Wildman–Crippen LogP) is 5.45. The third-order valence-electron chi connectivity index (χ3n) is 5.76. The van der Waals surface area contributed by atoms with Crippen LogP contribution in [0.15, 0.2) is 78.9 Å². The molecule has 0 bridgehead atoms. The molecule has 2 amide bonds. The number of carbonyl (C=O) groups excluding carboxylic acids is 2. The molecule has 0 radical (unpaired) electrons. The van der Waals surface area contributed by atoms with Crippen LogP contribution in [0.2, 0.25) is 5.02 Å². The molecule has 1 N–H and O–H groups in total. The second-order valence-corrected chi connectivity index (χ2v) is 8.87. The van der Waals surface area contributed by atoms with Crippen molar-refractivity contribution in [2.45, 2.75) is 45.7 Å². The minimum absolute atomic E-state index is 0.168. The molecular weight excluding hydrogens is 460 g/mol. The number of rotatable bonds is 12. The van der Waals surface area contributed by atoms with Crippen molar-refractivity contribution in [3.8, 4) is 5.75 Å². The third-order valence-corrected chi connectivity index (χ3v) is 5.99. The molecule has 6 heteroatoms. The number of aryl methyl sites for hydroxylation is 1. The molecule has 0 heterocycles. The summed E-state index contributed by atoms with van der Waals surface area (Å²) >= 11 is 6.21. The zero-order chi connectivity index (χ0) is 25.0. The number of ether oxygens (including phenoxy) is 1. The van der Waals surface area contributed by atoms with Crippen molar-refractivity contribution in [2.75, 3.05) is 13.2 Å². The Balaban J connectivity index is 1.87. The molecular formula is C29H33ClN2O3. The first-order chi connectivity index (χ1) is 17.0. The molecule has 184 valence electrons. The number of halogens is 1. The lowest BCUT2D eigenvalue weighted by molar-refractivity contribution is -0.142. The molecule has 1 unspecified atom stereocenters. The minimum atomic E-state index is -0.693. The van der Waals surface area contributed by atoms with E-state index in [9.17, 15) is 9.59 Å². The van der Waals surface area contributed by atoms with Gasteiger partial charge in [-0.2, -0.15) is 0 Å². The van der Waals surface area contributed by atoms with Crippen molar-refractivity contribution in [1.82, 2.24) is 10.2 Å². The van der Waals surface area contributed by atoms with Crippen LogP contribution >= 0.6 is 11.6 Å². The minimum Gasteiger partial charge on any atom is -0.484 e. The molecule has 0 aromatic heterocycles. The Hall–Kier alpha value is -3.31.